The summed E-state index contributed by atoms with van der Waals surface area (Å²) in [6, 6.07) is 12.0. The second kappa shape index (κ2) is 5.84. The maximum atomic E-state index is 11.2. The van der Waals surface area contributed by atoms with Crippen LogP contribution in [0, 0.1) is 0 Å². The summed E-state index contributed by atoms with van der Waals surface area (Å²) in [4.78, 5) is 11.2. The molecule has 4 nitrogen and oxygen atoms in total. The van der Waals surface area contributed by atoms with Crippen LogP contribution >= 0.6 is 11.6 Å². The summed E-state index contributed by atoms with van der Waals surface area (Å²) in [6.45, 7) is 1.90. The van der Waals surface area contributed by atoms with Crippen LogP contribution in [0.25, 0.3) is 0 Å². The Bertz CT molecular complexity index is 644. The Morgan fingerprint density at radius 3 is 2.60 bits per heavy atom. The number of carboxylic acids is 1. The van der Waals surface area contributed by atoms with Gasteiger partial charge in [0.25, 0.3) is 0 Å². The van der Waals surface area contributed by atoms with E-state index in [4.69, 9.17) is 17.3 Å². The summed E-state index contributed by atoms with van der Waals surface area (Å²) in [5.41, 5.74) is 7.69. The van der Waals surface area contributed by atoms with Crippen molar-refractivity contribution in [2.75, 3.05) is 11.1 Å². The third kappa shape index (κ3) is 2.86. The molecule has 0 fully saturated rings. The average molecular weight is 291 g/mol. The van der Waals surface area contributed by atoms with Crippen LogP contribution in [0.3, 0.4) is 0 Å². The lowest BCUT2D eigenvalue weighted by atomic mass is 10.1. The number of hydrogen-bond donors (Lipinski definition) is 3. The maximum Gasteiger partial charge on any atom is 0.337 e. The van der Waals surface area contributed by atoms with Gasteiger partial charge >= 0.3 is 5.97 Å². The summed E-state index contributed by atoms with van der Waals surface area (Å²) in [5, 5.41) is 13.0. The van der Waals surface area contributed by atoms with E-state index >= 15 is 0 Å². The number of nitrogens with one attached hydrogen (secondary N) is 1. The molecule has 2 rings (SSSR count). The molecule has 0 aliphatic carbocycles. The Labute approximate surface area is 122 Å². The van der Waals surface area contributed by atoms with Gasteiger partial charge < -0.3 is 16.2 Å². The van der Waals surface area contributed by atoms with Gasteiger partial charge in [0.2, 0.25) is 0 Å². The molecule has 0 aromatic heterocycles. The number of anilines is 2. The Hall–Kier alpha value is -2.20. The monoisotopic (exact) mass is 290 g/mol. The van der Waals surface area contributed by atoms with Gasteiger partial charge in [0.1, 0.15) is 0 Å². The van der Waals surface area contributed by atoms with Crippen LogP contribution in [0.15, 0.2) is 42.5 Å². The van der Waals surface area contributed by atoms with Crippen molar-refractivity contribution >= 4 is 28.9 Å². The molecule has 5 heteroatoms. The molecule has 0 spiro atoms. The number of rotatable bonds is 4. The lowest BCUT2D eigenvalue weighted by molar-refractivity contribution is 0.0698. The van der Waals surface area contributed by atoms with Gasteiger partial charge in [-0.25, -0.2) is 4.79 Å². The van der Waals surface area contributed by atoms with Gasteiger partial charge in [-0.1, -0.05) is 35.9 Å². The van der Waals surface area contributed by atoms with Crippen LogP contribution in [0.5, 0.6) is 0 Å². The molecular weight excluding hydrogens is 276 g/mol. The van der Waals surface area contributed by atoms with E-state index in [0.29, 0.717) is 16.4 Å². The summed E-state index contributed by atoms with van der Waals surface area (Å²) in [7, 11) is 0. The zero-order valence-electron chi connectivity index (χ0n) is 10.9. The Morgan fingerprint density at radius 2 is 1.95 bits per heavy atom. The summed E-state index contributed by atoms with van der Waals surface area (Å²) in [5.74, 6) is -1.02. The van der Waals surface area contributed by atoms with Crippen molar-refractivity contribution in [2.24, 2.45) is 0 Å². The average Bonchev–Trinajstić information content (AvgIpc) is 2.41. The molecule has 2 aromatic carbocycles. The van der Waals surface area contributed by atoms with E-state index in [1.807, 2.05) is 25.1 Å². The van der Waals surface area contributed by atoms with Crippen LogP contribution in [0.2, 0.25) is 5.02 Å². The third-order valence-electron chi connectivity index (χ3n) is 3.06. The number of carbonyl (C=O) groups is 1. The van der Waals surface area contributed by atoms with Crippen molar-refractivity contribution in [1.29, 1.82) is 0 Å². The quantitative estimate of drug-likeness (QED) is 0.749. The third-order valence-corrected chi connectivity index (χ3v) is 3.40. The van der Waals surface area contributed by atoms with E-state index in [-0.39, 0.29) is 11.6 Å². The molecule has 4 N–H and O–H groups in total. The van der Waals surface area contributed by atoms with Gasteiger partial charge in [-0.05, 0) is 30.7 Å². The molecular formula is C15H15ClN2O2. The number of hydrogen-bond acceptors (Lipinski definition) is 3. The first-order chi connectivity index (χ1) is 9.50. The second-order valence-electron chi connectivity index (χ2n) is 4.46. The number of carboxylic acid groups (broad SMARTS) is 1. The van der Waals surface area contributed by atoms with Crippen molar-refractivity contribution in [3.8, 4) is 0 Å². The maximum absolute atomic E-state index is 11.2. The summed E-state index contributed by atoms with van der Waals surface area (Å²) < 4.78 is 0. The van der Waals surface area contributed by atoms with Crippen LogP contribution in [0.4, 0.5) is 11.4 Å². The zero-order valence-corrected chi connectivity index (χ0v) is 11.7. The topological polar surface area (TPSA) is 75.3 Å². The molecule has 0 amide bonds. The second-order valence-corrected chi connectivity index (χ2v) is 4.87. The normalized spacial score (nSPS) is 11.9. The van der Waals surface area contributed by atoms with Gasteiger partial charge in [0.05, 0.1) is 23.0 Å². The van der Waals surface area contributed by atoms with E-state index in [0.717, 1.165) is 5.56 Å². The molecule has 0 heterocycles. The van der Waals surface area contributed by atoms with Crippen LogP contribution in [0.1, 0.15) is 28.9 Å². The molecule has 0 radical (unpaired) electrons. The predicted molar refractivity (Wildman–Crippen MR) is 81.3 cm³/mol. The standard InChI is InChI=1S/C15H15ClN2O2/c1-9(10-5-2-3-7-12(10)16)18-14-11(15(19)20)6-4-8-13(14)17/h2-9,18H,17H2,1H3,(H,19,20). The minimum absolute atomic E-state index is 0.143. The largest absolute Gasteiger partial charge is 0.478 e. The molecule has 1 unspecified atom stereocenters. The molecule has 2 aromatic rings. The molecule has 1 atom stereocenters. The van der Waals surface area contributed by atoms with E-state index in [2.05, 4.69) is 5.32 Å². The van der Waals surface area contributed by atoms with Gasteiger partial charge in [-0.3, -0.25) is 0 Å². The number of benzene rings is 2. The molecule has 0 aliphatic rings. The number of nitrogen functional groups attached to an aromatic ring is 1. The van der Waals surface area contributed by atoms with Gasteiger partial charge in [0.15, 0.2) is 0 Å². The first-order valence-corrected chi connectivity index (χ1v) is 6.51. The summed E-state index contributed by atoms with van der Waals surface area (Å²) in [6.07, 6.45) is 0. The van der Waals surface area contributed by atoms with E-state index < -0.39 is 5.97 Å². The Morgan fingerprint density at radius 1 is 1.25 bits per heavy atom. The fraction of sp³-hybridized carbons (Fsp3) is 0.133. The van der Waals surface area contributed by atoms with Gasteiger partial charge in [0, 0.05) is 5.02 Å². The number of para-hydroxylation sites is 1. The molecule has 0 aliphatic heterocycles. The minimum Gasteiger partial charge on any atom is -0.478 e. The van der Waals surface area contributed by atoms with Crippen molar-refractivity contribution in [3.63, 3.8) is 0 Å². The fourth-order valence-electron chi connectivity index (χ4n) is 2.03. The molecule has 104 valence electrons. The Balaban J connectivity index is 2.35. The molecule has 20 heavy (non-hydrogen) atoms. The highest BCUT2D eigenvalue weighted by atomic mass is 35.5. The Kier molecular flexibility index (Phi) is 4.15. The molecule has 0 saturated heterocycles. The van der Waals surface area contributed by atoms with Crippen molar-refractivity contribution in [1.82, 2.24) is 0 Å². The number of halogens is 1. The number of aromatic carboxylic acids is 1. The highest BCUT2D eigenvalue weighted by molar-refractivity contribution is 6.31. The minimum atomic E-state index is -1.02. The lowest BCUT2D eigenvalue weighted by Crippen LogP contribution is -2.13. The first-order valence-electron chi connectivity index (χ1n) is 6.13. The van der Waals surface area contributed by atoms with Crippen LogP contribution in [-0.2, 0) is 0 Å². The number of nitrogens with two attached hydrogens (primary N) is 1. The van der Waals surface area contributed by atoms with Crippen molar-refractivity contribution in [2.45, 2.75) is 13.0 Å². The van der Waals surface area contributed by atoms with Crippen LogP contribution < -0.4 is 11.1 Å². The van der Waals surface area contributed by atoms with E-state index in [1.165, 1.54) is 6.07 Å². The van der Waals surface area contributed by atoms with Gasteiger partial charge in [-0.2, -0.15) is 0 Å². The van der Waals surface area contributed by atoms with Gasteiger partial charge in [-0.15, -0.1) is 0 Å². The van der Waals surface area contributed by atoms with Crippen molar-refractivity contribution in [3.05, 3.63) is 58.6 Å². The van der Waals surface area contributed by atoms with Crippen molar-refractivity contribution < 1.29 is 9.90 Å². The molecule has 0 bridgehead atoms. The first kappa shape index (κ1) is 14.2. The highest BCUT2D eigenvalue weighted by Gasteiger charge is 2.16. The summed E-state index contributed by atoms with van der Waals surface area (Å²) >= 11 is 6.14. The fourth-order valence-corrected chi connectivity index (χ4v) is 2.33. The zero-order chi connectivity index (χ0) is 14.7. The highest BCUT2D eigenvalue weighted by Crippen LogP contribution is 2.30. The van der Waals surface area contributed by atoms with E-state index in [9.17, 15) is 9.90 Å². The smallest absolute Gasteiger partial charge is 0.337 e. The lowest BCUT2D eigenvalue weighted by Gasteiger charge is -2.19. The van der Waals surface area contributed by atoms with Crippen LogP contribution in [-0.4, -0.2) is 11.1 Å². The van der Waals surface area contributed by atoms with E-state index in [1.54, 1.807) is 18.2 Å². The SMILES string of the molecule is CC(Nc1c(N)cccc1C(=O)O)c1ccccc1Cl. The predicted octanol–water partition coefficient (Wildman–Crippen LogP) is 3.79. The molecule has 0 saturated carbocycles.